The Morgan fingerprint density at radius 1 is 1.35 bits per heavy atom. The number of aliphatic hydroxyl groups excluding tert-OH is 1. The van der Waals surface area contributed by atoms with Crippen LogP contribution in [-0.2, 0) is 0 Å². The van der Waals surface area contributed by atoms with Crippen LogP contribution in [0, 0.1) is 19.1 Å². The van der Waals surface area contributed by atoms with Gasteiger partial charge in [0.05, 0.1) is 11.5 Å². The van der Waals surface area contributed by atoms with Crippen LogP contribution in [0.25, 0.3) is 0 Å². The van der Waals surface area contributed by atoms with Crippen LogP contribution in [0.4, 0.5) is 11.4 Å². The molecule has 1 aromatic rings. The van der Waals surface area contributed by atoms with Crippen molar-refractivity contribution in [2.24, 2.45) is 5.41 Å². The molecule has 1 fully saturated rings. The molecule has 0 radical (unpaired) electrons. The van der Waals surface area contributed by atoms with E-state index in [1.165, 1.54) is 6.42 Å². The fourth-order valence-corrected chi connectivity index (χ4v) is 3.26. The van der Waals surface area contributed by atoms with Gasteiger partial charge in [0.1, 0.15) is 5.69 Å². The monoisotopic (exact) mass is 390 g/mol. The molecule has 0 unspecified atom stereocenters. The average molecular weight is 390 g/mol. The fourth-order valence-electron chi connectivity index (χ4n) is 2.78. The molecule has 1 aliphatic rings. The Hall–Kier alpha value is -0.890. The first kappa shape index (κ1) is 15.5. The standard InChI is InChI=1S/C14H19IN2O3/c15-11-4-5-12(13(8-11)17(19)20)16-9-14(10-18)6-2-1-3-7-14/h4-5,8,16,18H,1-3,6-7,9-10H2. The van der Waals surface area contributed by atoms with E-state index in [-0.39, 0.29) is 22.6 Å². The molecule has 1 aromatic carbocycles. The molecular weight excluding hydrogens is 371 g/mol. The molecule has 0 aromatic heterocycles. The number of benzene rings is 1. The molecule has 0 amide bonds. The van der Waals surface area contributed by atoms with Gasteiger partial charge < -0.3 is 10.4 Å². The SMILES string of the molecule is O=[N+]([O-])c1cc(I)ccc1NCC1(CO)CCCCC1. The quantitative estimate of drug-likeness (QED) is 0.458. The van der Waals surface area contributed by atoms with E-state index in [1.807, 2.05) is 6.07 Å². The minimum absolute atomic E-state index is 0.0980. The first-order valence-corrected chi connectivity index (χ1v) is 7.93. The number of rotatable bonds is 5. The summed E-state index contributed by atoms with van der Waals surface area (Å²) in [6.07, 6.45) is 5.42. The van der Waals surface area contributed by atoms with Crippen LogP contribution in [0.15, 0.2) is 18.2 Å². The van der Waals surface area contributed by atoms with E-state index in [4.69, 9.17) is 0 Å². The smallest absolute Gasteiger partial charge is 0.293 e. The molecule has 6 heteroatoms. The predicted octanol–water partition coefficient (Wildman–Crippen LogP) is 3.55. The summed E-state index contributed by atoms with van der Waals surface area (Å²) >= 11 is 2.07. The number of nitro benzene ring substituents is 1. The summed E-state index contributed by atoms with van der Waals surface area (Å²) in [6.45, 7) is 0.725. The Bertz CT molecular complexity index is 487. The Kier molecular flexibility index (Phi) is 5.20. The molecule has 0 heterocycles. The topological polar surface area (TPSA) is 75.4 Å². The van der Waals surface area contributed by atoms with E-state index in [2.05, 4.69) is 27.9 Å². The lowest BCUT2D eigenvalue weighted by Crippen LogP contribution is -2.35. The molecule has 1 saturated carbocycles. The van der Waals surface area contributed by atoms with Crippen molar-refractivity contribution in [3.8, 4) is 0 Å². The highest BCUT2D eigenvalue weighted by Crippen LogP contribution is 2.37. The maximum Gasteiger partial charge on any atom is 0.293 e. The molecule has 2 rings (SSSR count). The highest BCUT2D eigenvalue weighted by Gasteiger charge is 2.31. The van der Waals surface area contributed by atoms with Gasteiger partial charge in [-0.05, 0) is 47.6 Å². The van der Waals surface area contributed by atoms with E-state index in [1.54, 1.807) is 12.1 Å². The summed E-state index contributed by atoms with van der Waals surface area (Å²) < 4.78 is 0.842. The fraction of sp³-hybridized carbons (Fsp3) is 0.571. The van der Waals surface area contributed by atoms with Gasteiger partial charge in [-0.2, -0.15) is 0 Å². The van der Waals surface area contributed by atoms with Crippen LogP contribution in [0.3, 0.4) is 0 Å². The number of nitrogens with one attached hydrogen (secondary N) is 1. The Balaban J connectivity index is 2.11. The third-order valence-electron chi connectivity index (χ3n) is 4.06. The van der Waals surface area contributed by atoms with Crippen molar-refractivity contribution < 1.29 is 10.0 Å². The molecule has 0 bridgehead atoms. The lowest BCUT2D eigenvalue weighted by Gasteiger charge is -2.35. The summed E-state index contributed by atoms with van der Waals surface area (Å²) in [6, 6.07) is 5.16. The number of aliphatic hydroxyl groups is 1. The van der Waals surface area contributed by atoms with Crippen molar-refractivity contribution in [2.45, 2.75) is 32.1 Å². The van der Waals surface area contributed by atoms with Crippen LogP contribution in [0.1, 0.15) is 32.1 Å². The third kappa shape index (κ3) is 3.60. The maximum atomic E-state index is 11.1. The van der Waals surface area contributed by atoms with Crippen LogP contribution in [0.2, 0.25) is 0 Å². The molecule has 1 aliphatic carbocycles. The van der Waals surface area contributed by atoms with Crippen molar-refractivity contribution in [2.75, 3.05) is 18.5 Å². The first-order chi connectivity index (χ1) is 9.56. The normalized spacial score (nSPS) is 17.7. The van der Waals surface area contributed by atoms with Gasteiger partial charge in [-0.1, -0.05) is 19.3 Å². The Morgan fingerprint density at radius 3 is 2.65 bits per heavy atom. The molecular formula is C14H19IN2O3. The second-order valence-electron chi connectivity index (χ2n) is 5.49. The van der Waals surface area contributed by atoms with Crippen LogP contribution < -0.4 is 5.32 Å². The second-order valence-corrected chi connectivity index (χ2v) is 6.74. The van der Waals surface area contributed by atoms with Crippen LogP contribution in [0.5, 0.6) is 0 Å². The minimum Gasteiger partial charge on any atom is -0.396 e. The van der Waals surface area contributed by atoms with Gasteiger partial charge >= 0.3 is 0 Å². The number of halogens is 1. The summed E-state index contributed by atoms with van der Waals surface area (Å²) in [5, 5.41) is 23.9. The number of nitrogens with zero attached hydrogens (tertiary/aromatic N) is 1. The number of nitro groups is 1. The van der Waals surface area contributed by atoms with E-state index in [0.29, 0.717) is 12.2 Å². The van der Waals surface area contributed by atoms with Crippen molar-refractivity contribution in [3.63, 3.8) is 0 Å². The van der Waals surface area contributed by atoms with Crippen LogP contribution in [-0.4, -0.2) is 23.2 Å². The zero-order valence-corrected chi connectivity index (χ0v) is 13.4. The van der Waals surface area contributed by atoms with Crippen molar-refractivity contribution in [1.82, 2.24) is 0 Å². The summed E-state index contributed by atoms with van der Waals surface area (Å²) in [7, 11) is 0. The Labute approximate surface area is 132 Å². The van der Waals surface area contributed by atoms with Crippen molar-refractivity contribution in [1.29, 1.82) is 0 Å². The molecule has 5 nitrogen and oxygen atoms in total. The number of hydrogen-bond donors (Lipinski definition) is 2. The molecule has 0 saturated heterocycles. The van der Waals surface area contributed by atoms with Crippen LogP contribution >= 0.6 is 22.6 Å². The maximum absolute atomic E-state index is 11.1. The lowest BCUT2D eigenvalue weighted by atomic mass is 9.74. The average Bonchev–Trinajstić information content (AvgIpc) is 2.47. The minimum atomic E-state index is -0.364. The van der Waals surface area contributed by atoms with Gasteiger partial charge in [0.15, 0.2) is 0 Å². The van der Waals surface area contributed by atoms with E-state index >= 15 is 0 Å². The molecule has 0 atom stereocenters. The zero-order chi connectivity index (χ0) is 14.6. The van der Waals surface area contributed by atoms with Gasteiger partial charge in [0.25, 0.3) is 5.69 Å². The highest BCUT2D eigenvalue weighted by molar-refractivity contribution is 14.1. The molecule has 110 valence electrons. The van der Waals surface area contributed by atoms with E-state index in [9.17, 15) is 15.2 Å². The van der Waals surface area contributed by atoms with Gasteiger partial charge in [-0.25, -0.2) is 0 Å². The van der Waals surface area contributed by atoms with Crippen molar-refractivity contribution >= 4 is 34.0 Å². The first-order valence-electron chi connectivity index (χ1n) is 6.85. The largest absolute Gasteiger partial charge is 0.396 e. The summed E-state index contributed by atoms with van der Waals surface area (Å²) in [5.41, 5.74) is 0.504. The Morgan fingerprint density at radius 2 is 2.05 bits per heavy atom. The lowest BCUT2D eigenvalue weighted by molar-refractivity contribution is -0.384. The summed E-state index contributed by atoms with van der Waals surface area (Å²) in [5.74, 6) is 0. The second kappa shape index (κ2) is 6.71. The van der Waals surface area contributed by atoms with Gasteiger partial charge in [-0.15, -0.1) is 0 Å². The number of anilines is 1. The van der Waals surface area contributed by atoms with E-state index < -0.39 is 0 Å². The van der Waals surface area contributed by atoms with Gasteiger partial charge in [0.2, 0.25) is 0 Å². The predicted molar refractivity (Wildman–Crippen MR) is 86.9 cm³/mol. The highest BCUT2D eigenvalue weighted by atomic mass is 127. The third-order valence-corrected chi connectivity index (χ3v) is 4.73. The molecule has 2 N–H and O–H groups in total. The molecule has 0 aliphatic heterocycles. The zero-order valence-electron chi connectivity index (χ0n) is 11.3. The van der Waals surface area contributed by atoms with Gasteiger partial charge in [0, 0.05) is 21.6 Å². The summed E-state index contributed by atoms with van der Waals surface area (Å²) in [4.78, 5) is 10.7. The molecule has 0 spiro atoms. The van der Waals surface area contributed by atoms with Crippen molar-refractivity contribution in [3.05, 3.63) is 31.9 Å². The van der Waals surface area contributed by atoms with Gasteiger partial charge in [-0.3, -0.25) is 10.1 Å². The van der Waals surface area contributed by atoms with E-state index in [0.717, 1.165) is 29.3 Å². The molecule has 20 heavy (non-hydrogen) atoms. The number of hydrogen-bond acceptors (Lipinski definition) is 4.